The Morgan fingerprint density at radius 3 is 2.83 bits per heavy atom. The van der Waals surface area contributed by atoms with Crippen LogP contribution in [0.5, 0.6) is 0 Å². The van der Waals surface area contributed by atoms with Gasteiger partial charge in [-0.15, -0.1) is 0 Å². The van der Waals surface area contributed by atoms with Crippen molar-refractivity contribution in [2.45, 2.75) is 33.6 Å². The quantitative estimate of drug-likeness (QED) is 0.786. The molecule has 0 atom stereocenters. The fourth-order valence-electron chi connectivity index (χ4n) is 2.15. The van der Waals surface area contributed by atoms with E-state index in [-0.39, 0.29) is 0 Å². The van der Waals surface area contributed by atoms with E-state index in [0.717, 1.165) is 18.0 Å². The van der Waals surface area contributed by atoms with Gasteiger partial charge in [0.2, 0.25) is 0 Å². The molecule has 0 saturated carbocycles. The molecule has 0 spiro atoms. The minimum atomic E-state index is 0.781. The average molecular weight is 242 g/mol. The molecule has 2 heteroatoms. The van der Waals surface area contributed by atoms with Crippen LogP contribution >= 0.6 is 0 Å². The number of anilines is 1. The maximum atomic E-state index is 4.42. The van der Waals surface area contributed by atoms with Gasteiger partial charge in [-0.25, -0.2) is 0 Å². The fraction of sp³-hybridized carbons (Fsp3) is 0.438. The zero-order valence-electron chi connectivity index (χ0n) is 11.5. The molecule has 2 nitrogen and oxygen atoms in total. The van der Waals surface area contributed by atoms with Gasteiger partial charge in [0, 0.05) is 23.8 Å². The van der Waals surface area contributed by atoms with E-state index in [9.17, 15) is 0 Å². The standard InChI is InChI=1S/C16H22N2/c1-12(2)5-4-9-17-15-8-10-18-16-11-13(3)6-7-14(15)16/h6-8,10-12H,4-5,9H2,1-3H3,(H,17,18). The molecule has 2 rings (SSSR count). The third-order valence-corrected chi connectivity index (χ3v) is 3.17. The van der Waals surface area contributed by atoms with Crippen LogP contribution in [0.1, 0.15) is 32.3 Å². The molecule has 1 heterocycles. The molecule has 0 saturated heterocycles. The van der Waals surface area contributed by atoms with E-state index in [4.69, 9.17) is 0 Å². The molecule has 18 heavy (non-hydrogen) atoms. The highest BCUT2D eigenvalue weighted by Gasteiger charge is 2.01. The summed E-state index contributed by atoms with van der Waals surface area (Å²) in [6.45, 7) is 7.67. The Bertz CT molecular complexity index is 517. The normalized spacial score (nSPS) is 11.1. The summed E-state index contributed by atoms with van der Waals surface area (Å²) in [5.41, 5.74) is 3.53. The highest BCUT2D eigenvalue weighted by Crippen LogP contribution is 2.22. The van der Waals surface area contributed by atoms with E-state index in [1.807, 2.05) is 6.20 Å². The molecule has 1 aromatic carbocycles. The number of fused-ring (bicyclic) bond motifs is 1. The monoisotopic (exact) mass is 242 g/mol. The summed E-state index contributed by atoms with van der Waals surface area (Å²) in [4.78, 5) is 4.42. The van der Waals surface area contributed by atoms with E-state index < -0.39 is 0 Å². The minimum Gasteiger partial charge on any atom is -0.384 e. The summed E-state index contributed by atoms with van der Waals surface area (Å²) in [7, 11) is 0. The smallest absolute Gasteiger partial charge is 0.0725 e. The van der Waals surface area contributed by atoms with E-state index in [1.54, 1.807) is 0 Å². The topological polar surface area (TPSA) is 24.9 Å². The zero-order chi connectivity index (χ0) is 13.0. The van der Waals surface area contributed by atoms with Crippen molar-refractivity contribution in [3.05, 3.63) is 36.0 Å². The number of pyridine rings is 1. The number of aryl methyl sites for hydroxylation is 1. The molecule has 96 valence electrons. The fourth-order valence-corrected chi connectivity index (χ4v) is 2.15. The van der Waals surface area contributed by atoms with Gasteiger partial charge in [0.05, 0.1) is 5.52 Å². The Kier molecular flexibility index (Phi) is 4.19. The lowest BCUT2D eigenvalue weighted by molar-refractivity contribution is 0.567. The Balaban J connectivity index is 2.08. The Labute approximate surface area is 109 Å². The molecular weight excluding hydrogens is 220 g/mol. The lowest BCUT2D eigenvalue weighted by atomic mass is 10.1. The molecule has 0 radical (unpaired) electrons. The van der Waals surface area contributed by atoms with Crippen molar-refractivity contribution in [1.29, 1.82) is 0 Å². The van der Waals surface area contributed by atoms with Gasteiger partial charge in [-0.2, -0.15) is 0 Å². The zero-order valence-corrected chi connectivity index (χ0v) is 11.5. The molecule has 2 aromatic rings. The van der Waals surface area contributed by atoms with Crippen molar-refractivity contribution in [3.8, 4) is 0 Å². The molecule has 0 bridgehead atoms. The summed E-state index contributed by atoms with van der Waals surface area (Å²) >= 11 is 0. The Morgan fingerprint density at radius 2 is 2.06 bits per heavy atom. The molecule has 1 N–H and O–H groups in total. The van der Waals surface area contributed by atoms with Gasteiger partial charge in [0.15, 0.2) is 0 Å². The first-order valence-corrected chi connectivity index (χ1v) is 6.76. The predicted octanol–water partition coefficient (Wildman–Crippen LogP) is 4.39. The summed E-state index contributed by atoms with van der Waals surface area (Å²) in [5.74, 6) is 0.781. The summed E-state index contributed by atoms with van der Waals surface area (Å²) in [6.07, 6.45) is 4.37. The second kappa shape index (κ2) is 5.85. The van der Waals surface area contributed by atoms with Crippen molar-refractivity contribution < 1.29 is 0 Å². The molecule has 0 aliphatic heterocycles. The highest BCUT2D eigenvalue weighted by atomic mass is 14.9. The largest absolute Gasteiger partial charge is 0.384 e. The van der Waals surface area contributed by atoms with Crippen molar-refractivity contribution in [2.75, 3.05) is 11.9 Å². The number of nitrogens with one attached hydrogen (secondary N) is 1. The third-order valence-electron chi connectivity index (χ3n) is 3.17. The SMILES string of the molecule is Cc1ccc2c(NCCCC(C)C)ccnc2c1. The van der Waals surface area contributed by atoms with Crippen LogP contribution in [-0.2, 0) is 0 Å². The second-order valence-corrected chi connectivity index (χ2v) is 5.34. The molecule has 0 amide bonds. The first kappa shape index (κ1) is 12.9. The third kappa shape index (κ3) is 3.22. The number of benzene rings is 1. The van der Waals surface area contributed by atoms with Crippen LogP contribution < -0.4 is 5.32 Å². The molecule has 0 aliphatic rings. The number of aromatic nitrogens is 1. The van der Waals surface area contributed by atoms with Gasteiger partial charge in [0.25, 0.3) is 0 Å². The number of rotatable bonds is 5. The van der Waals surface area contributed by atoms with E-state index in [0.29, 0.717) is 0 Å². The van der Waals surface area contributed by atoms with E-state index >= 15 is 0 Å². The van der Waals surface area contributed by atoms with Crippen LogP contribution in [0.4, 0.5) is 5.69 Å². The number of hydrogen-bond donors (Lipinski definition) is 1. The van der Waals surface area contributed by atoms with Gasteiger partial charge in [-0.1, -0.05) is 26.0 Å². The van der Waals surface area contributed by atoms with Crippen LogP contribution in [0.25, 0.3) is 10.9 Å². The van der Waals surface area contributed by atoms with Crippen LogP contribution in [0.3, 0.4) is 0 Å². The summed E-state index contributed by atoms with van der Waals surface area (Å²) in [6, 6.07) is 8.49. The molecule has 1 aromatic heterocycles. The van der Waals surface area contributed by atoms with Crippen LogP contribution in [0.15, 0.2) is 30.5 Å². The molecule has 0 unspecified atom stereocenters. The van der Waals surface area contributed by atoms with E-state index in [2.05, 4.69) is 55.3 Å². The number of hydrogen-bond acceptors (Lipinski definition) is 2. The predicted molar refractivity (Wildman–Crippen MR) is 79.0 cm³/mol. The van der Waals surface area contributed by atoms with Crippen molar-refractivity contribution in [2.24, 2.45) is 5.92 Å². The first-order valence-electron chi connectivity index (χ1n) is 6.76. The van der Waals surface area contributed by atoms with E-state index in [1.165, 1.54) is 29.5 Å². The van der Waals surface area contributed by atoms with Crippen LogP contribution in [0, 0.1) is 12.8 Å². The van der Waals surface area contributed by atoms with Crippen molar-refractivity contribution in [3.63, 3.8) is 0 Å². The van der Waals surface area contributed by atoms with Gasteiger partial charge in [0.1, 0.15) is 0 Å². The molecule has 0 aliphatic carbocycles. The minimum absolute atomic E-state index is 0.781. The lowest BCUT2D eigenvalue weighted by Gasteiger charge is -2.10. The second-order valence-electron chi connectivity index (χ2n) is 5.34. The van der Waals surface area contributed by atoms with Crippen LogP contribution in [0.2, 0.25) is 0 Å². The van der Waals surface area contributed by atoms with Crippen molar-refractivity contribution >= 4 is 16.6 Å². The van der Waals surface area contributed by atoms with Crippen molar-refractivity contribution in [1.82, 2.24) is 4.98 Å². The van der Waals surface area contributed by atoms with Crippen LogP contribution in [-0.4, -0.2) is 11.5 Å². The average Bonchev–Trinajstić information content (AvgIpc) is 2.34. The maximum Gasteiger partial charge on any atom is 0.0725 e. The first-order chi connectivity index (χ1) is 8.66. The molecular formula is C16H22N2. The summed E-state index contributed by atoms with van der Waals surface area (Å²) < 4.78 is 0. The highest BCUT2D eigenvalue weighted by molar-refractivity contribution is 5.91. The van der Waals surface area contributed by atoms with Gasteiger partial charge < -0.3 is 5.32 Å². The van der Waals surface area contributed by atoms with Gasteiger partial charge in [-0.3, -0.25) is 4.98 Å². The Morgan fingerprint density at radius 1 is 1.22 bits per heavy atom. The van der Waals surface area contributed by atoms with Gasteiger partial charge >= 0.3 is 0 Å². The Hall–Kier alpha value is -1.57. The molecule has 0 fully saturated rings. The summed E-state index contributed by atoms with van der Waals surface area (Å²) in [5, 5.41) is 4.74. The maximum absolute atomic E-state index is 4.42. The number of nitrogens with zero attached hydrogens (tertiary/aromatic N) is 1. The van der Waals surface area contributed by atoms with Gasteiger partial charge in [-0.05, 0) is 43.4 Å². The lowest BCUT2D eigenvalue weighted by Crippen LogP contribution is -2.03.